The third-order valence-electron chi connectivity index (χ3n) is 10.1. The van der Waals surface area contributed by atoms with Crippen molar-refractivity contribution < 1.29 is 19.0 Å². The first-order valence-electron chi connectivity index (χ1n) is 17.2. The number of carbonyl (C=O) groups excluding carboxylic acids is 1. The van der Waals surface area contributed by atoms with E-state index in [-0.39, 0.29) is 11.3 Å². The average Bonchev–Trinajstić information content (AvgIpc) is 3.64. The standard InChI is InChI=1S/C39H48ClN5O4/c1-28(2)15-20-45-33-10-7-6-9-32(33)41-38(45)43-19-8-18-42(23-24-43)21-16-39(30-11-13-31(40)14-12-30)17-22-44(27-39)37(46)29-25-34(47-3)36(49-5)35(26-29)48-4/h6-7,9-15,25-26H,8,16-24,27H2,1-5H3. The molecule has 4 aromatic rings. The SMILES string of the molecule is COc1cc(C(=O)N2CCC(CCN3CCCN(c4nc5ccccc5n4CC=C(C)C)CC3)(c3ccc(Cl)cc3)C2)cc(OC)c1OC. The predicted molar refractivity (Wildman–Crippen MR) is 197 cm³/mol. The maximum atomic E-state index is 14.0. The normalized spacial score (nSPS) is 18.4. The second kappa shape index (κ2) is 15.1. The van der Waals surface area contributed by atoms with Gasteiger partial charge in [0.1, 0.15) is 0 Å². The van der Waals surface area contributed by atoms with Crippen LogP contribution in [0.4, 0.5) is 5.95 Å². The van der Waals surface area contributed by atoms with Gasteiger partial charge in [-0.2, -0.15) is 0 Å². The van der Waals surface area contributed by atoms with E-state index in [1.807, 2.05) is 17.0 Å². The highest BCUT2D eigenvalue weighted by atomic mass is 35.5. The maximum Gasteiger partial charge on any atom is 0.254 e. The van der Waals surface area contributed by atoms with E-state index in [1.54, 1.807) is 33.5 Å². The number of aromatic nitrogens is 2. The highest BCUT2D eigenvalue weighted by Crippen LogP contribution is 2.42. The van der Waals surface area contributed by atoms with E-state index in [1.165, 1.54) is 16.7 Å². The van der Waals surface area contributed by atoms with E-state index in [2.05, 4.69) is 70.7 Å². The summed E-state index contributed by atoms with van der Waals surface area (Å²) in [6.07, 6.45) is 5.15. The minimum Gasteiger partial charge on any atom is -0.493 e. The van der Waals surface area contributed by atoms with Gasteiger partial charge in [0, 0.05) is 55.3 Å². The number of likely N-dealkylation sites (tertiary alicyclic amines) is 1. The first kappa shape index (κ1) is 34.6. The lowest BCUT2D eigenvalue weighted by Crippen LogP contribution is -2.39. The summed E-state index contributed by atoms with van der Waals surface area (Å²) in [7, 11) is 4.69. The van der Waals surface area contributed by atoms with Crippen LogP contribution in [0.15, 0.2) is 72.3 Å². The summed E-state index contributed by atoms with van der Waals surface area (Å²) >= 11 is 6.34. The molecule has 2 fully saturated rings. The molecule has 0 N–H and O–H groups in total. The van der Waals surface area contributed by atoms with Crippen LogP contribution in [-0.4, -0.2) is 92.4 Å². The Morgan fingerprint density at radius 2 is 1.65 bits per heavy atom. The van der Waals surface area contributed by atoms with E-state index in [0.717, 1.165) is 70.0 Å². The van der Waals surface area contributed by atoms with Crippen molar-refractivity contribution in [2.24, 2.45) is 0 Å². The molecule has 3 aromatic carbocycles. The molecule has 10 heteroatoms. The molecular formula is C39H48ClN5O4. The summed E-state index contributed by atoms with van der Waals surface area (Å²) in [5, 5.41) is 0.713. The predicted octanol–water partition coefficient (Wildman–Crippen LogP) is 7.07. The number of para-hydroxylation sites is 2. The van der Waals surface area contributed by atoms with Gasteiger partial charge in [0.25, 0.3) is 5.91 Å². The number of benzene rings is 3. The highest BCUT2D eigenvalue weighted by Gasteiger charge is 2.42. The third kappa shape index (κ3) is 7.38. The Kier molecular flexibility index (Phi) is 10.7. The van der Waals surface area contributed by atoms with Crippen LogP contribution >= 0.6 is 11.6 Å². The van der Waals surface area contributed by atoms with E-state index >= 15 is 0 Å². The van der Waals surface area contributed by atoms with Crippen molar-refractivity contribution >= 4 is 34.5 Å². The number of imidazole rings is 1. The third-order valence-corrected chi connectivity index (χ3v) is 10.4. The largest absolute Gasteiger partial charge is 0.493 e. The summed E-state index contributed by atoms with van der Waals surface area (Å²) in [6, 6.07) is 20.1. The molecule has 6 rings (SSSR count). The number of allylic oxidation sites excluding steroid dienone is 2. The Morgan fingerprint density at radius 3 is 2.35 bits per heavy atom. The fourth-order valence-electron chi connectivity index (χ4n) is 7.35. The molecule has 9 nitrogen and oxygen atoms in total. The molecular weight excluding hydrogens is 638 g/mol. The number of carbonyl (C=O) groups is 1. The molecule has 49 heavy (non-hydrogen) atoms. The van der Waals surface area contributed by atoms with Crippen LogP contribution in [0.5, 0.6) is 17.2 Å². The summed E-state index contributed by atoms with van der Waals surface area (Å²) < 4.78 is 18.9. The van der Waals surface area contributed by atoms with E-state index < -0.39 is 0 Å². The number of methoxy groups -OCH3 is 3. The molecule has 0 saturated carbocycles. The quantitative estimate of drug-likeness (QED) is 0.157. The lowest BCUT2D eigenvalue weighted by atomic mass is 9.76. The molecule has 0 spiro atoms. The maximum absolute atomic E-state index is 14.0. The van der Waals surface area contributed by atoms with Gasteiger partial charge in [-0.1, -0.05) is 47.5 Å². The number of halogens is 1. The van der Waals surface area contributed by atoms with Crippen LogP contribution in [0.25, 0.3) is 11.0 Å². The van der Waals surface area contributed by atoms with Gasteiger partial charge in [0.15, 0.2) is 11.5 Å². The molecule has 0 aliphatic carbocycles. The Labute approximate surface area is 295 Å². The summed E-state index contributed by atoms with van der Waals surface area (Å²) in [6.45, 7) is 11.2. The van der Waals surface area contributed by atoms with Gasteiger partial charge in [0.2, 0.25) is 11.7 Å². The van der Waals surface area contributed by atoms with Crippen molar-refractivity contribution in [1.29, 1.82) is 0 Å². The first-order chi connectivity index (χ1) is 23.7. The van der Waals surface area contributed by atoms with Gasteiger partial charge in [-0.25, -0.2) is 4.98 Å². The summed E-state index contributed by atoms with van der Waals surface area (Å²) in [5.41, 5.74) is 5.07. The van der Waals surface area contributed by atoms with Gasteiger partial charge in [-0.15, -0.1) is 0 Å². The van der Waals surface area contributed by atoms with Crippen LogP contribution < -0.4 is 19.1 Å². The molecule has 2 saturated heterocycles. The lowest BCUT2D eigenvalue weighted by Gasteiger charge is -2.33. The van der Waals surface area contributed by atoms with Crippen LogP contribution in [0.3, 0.4) is 0 Å². The fraction of sp³-hybridized carbons (Fsp3) is 0.436. The number of rotatable bonds is 11. The van der Waals surface area contributed by atoms with Gasteiger partial charge in [-0.3, -0.25) is 4.79 Å². The summed E-state index contributed by atoms with van der Waals surface area (Å²) in [4.78, 5) is 26.1. The number of amides is 1. The molecule has 1 unspecified atom stereocenters. The molecule has 2 aliphatic heterocycles. The Hall–Kier alpha value is -4.21. The second-order valence-corrected chi connectivity index (χ2v) is 13.8. The number of anilines is 1. The number of hydrogen-bond donors (Lipinski definition) is 0. The number of nitrogens with zero attached hydrogens (tertiary/aromatic N) is 5. The van der Waals surface area contributed by atoms with Gasteiger partial charge < -0.3 is 33.5 Å². The van der Waals surface area contributed by atoms with Crippen molar-refractivity contribution in [2.45, 2.75) is 45.1 Å². The van der Waals surface area contributed by atoms with Crippen molar-refractivity contribution in [3.63, 3.8) is 0 Å². The smallest absolute Gasteiger partial charge is 0.254 e. The van der Waals surface area contributed by atoms with Gasteiger partial charge in [-0.05, 0) is 88.2 Å². The minimum atomic E-state index is -0.189. The number of ether oxygens (including phenoxy) is 3. The highest BCUT2D eigenvalue weighted by molar-refractivity contribution is 6.30. The van der Waals surface area contributed by atoms with E-state index in [4.69, 9.17) is 30.8 Å². The van der Waals surface area contributed by atoms with E-state index in [0.29, 0.717) is 40.9 Å². The monoisotopic (exact) mass is 685 g/mol. The Bertz CT molecular complexity index is 1780. The molecule has 3 heterocycles. The molecule has 1 aromatic heterocycles. The topological polar surface area (TPSA) is 72.3 Å². The first-order valence-corrected chi connectivity index (χ1v) is 17.5. The van der Waals surface area contributed by atoms with Gasteiger partial charge >= 0.3 is 0 Å². The van der Waals surface area contributed by atoms with Crippen LogP contribution in [0, 0.1) is 0 Å². The molecule has 1 atom stereocenters. The number of fused-ring (bicyclic) bond motifs is 1. The number of hydrogen-bond acceptors (Lipinski definition) is 7. The fourth-order valence-corrected chi connectivity index (χ4v) is 7.47. The lowest BCUT2D eigenvalue weighted by molar-refractivity contribution is 0.0780. The van der Waals surface area contributed by atoms with Crippen molar-refractivity contribution in [3.05, 3.63) is 88.5 Å². The van der Waals surface area contributed by atoms with Crippen molar-refractivity contribution in [2.75, 3.05) is 72.0 Å². The zero-order valence-corrected chi connectivity index (χ0v) is 30.1. The Morgan fingerprint density at radius 1 is 0.918 bits per heavy atom. The van der Waals surface area contributed by atoms with Crippen LogP contribution in [-0.2, 0) is 12.0 Å². The zero-order valence-electron chi connectivity index (χ0n) is 29.4. The van der Waals surface area contributed by atoms with E-state index in [9.17, 15) is 4.79 Å². The zero-order chi connectivity index (χ0) is 34.5. The average molecular weight is 686 g/mol. The van der Waals surface area contributed by atoms with Crippen molar-refractivity contribution in [3.8, 4) is 17.2 Å². The van der Waals surface area contributed by atoms with Crippen molar-refractivity contribution in [1.82, 2.24) is 19.4 Å². The second-order valence-electron chi connectivity index (χ2n) is 13.4. The Balaban J connectivity index is 1.19. The molecule has 0 bridgehead atoms. The molecule has 260 valence electrons. The molecule has 2 aliphatic rings. The minimum absolute atomic E-state index is 0.0449. The molecule has 1 amide bonds. The molecule has 0 radical (unpaired) electrons. The van der Waals surface area contributed by atoms with Gasteiger partial charge in [0.05, 0.1) is 32.4 Å². The van der Waals surface area contributed by atoms with Crippen LogP contribution in [0.1, 0.15) is 49.0 Å². The summed E-state index contributed by atoms with van der Waals surface area (Å²) in [5.74, 6) is 2.42. The van der Waals surface area contributed by atoms with Crippen LogP contribution in [0.2, 0.25) is 5.02 Å².